The van der Waals surface area contributed by atoms with E-state index in [1.807, 2.05) is 0 Å². The molecule has 0 N–H and O–H groups in total. The fourth-order valence-electron chi connectivity index (χ4n) is 4.33. The van der Waals surface area contributed by atoms with Crippen LogP contribution in [0.2, 0.25) is 0 Å². The van der Waals surface area contributed by atoms with Crippen molar-refractivity contribution in [2.24, 2.45) is 0 Å². The molecule has 0 saturated heterocycles. The second-order valence-electron chi connectivity index (χ2n) is 8.63. The summed E-state index contributed by atoms with van der Waals surface area (Å²) in [5.74, 6) is 0. The van der Waals surface area contributed by atoms with Gasteiger partial charge in [0.15, 0.2) is 0 Å². The largest absolute Gasteiger partial charge is 0.243 e. The van der Waals surface area contributed by atoms with Crippen LogP contribution < -0.4 is 4.57 Å². The Morgan fingerprint density at radius 2 is 1.55 bits per heavy atom. The van der Waals surface area contributed by atoms with Gasteiger partial charge in [-0.2, -0.15) is 0 Å². The average Bonchev–Trinajstić information content (AvgIpc) is 3.23. The number of rotatable bonds is 11. The third-order valence-electron chi connectivity index (χ3n) is 6.45. The SMILES string of the molecule is CCCCCCC[n+]1ccn(C(C)C(C)(Cc2ccccc2)c2ccccc2)c1. The molecule has 0 spiro atoms. The highest BCUT2D eigenvalue weighted by molar-refractivity contribution is 5.30. The summed E-state index contributed by atoms with van der Waals surface area (Å²) in [6.45, 7) is 8.16. The quantitative estimate of drug-likeness (QED) is 0.261. The molecule has 0 bridgehead atoms. The highest BCUT2D eigenvalue weighted by Crippen LogP contribution is 2.38. The molecule has 154 valence electrons. The molecule has 29 heavy (non-hydrogen) atoms. The molecule has 0 aliphatic rings. The summed E-state index contributed by atoms with van der Waals surface area (Å²) in [6, 6.07) is 22.2. The van der Waals surface area contributed by atoms with Gasteiger partial charge in [0.05, 0.1) is 6.54 Å². The van der Waals surface area contributed by atoms with Crippen LogP contribution in [0.5, 0.6) is 0 Å². The van der Waals surface area contributed by atoms with E-state index in [9.17, 15) is 0 Å². The highest BCUT2D eigenvalue weighted by atomic mass is 15.1. The van der Waals surface area contributed by atoms with Gasteiger partial charge in [0.25, 0.3) is 0 Å². The van der Waals surface area contributed by atoms with E-state index in [0.29, 0.717) is 6.04 Å². The molecule has 3 rings (SSSR count). The molecule has 0 amide bonds. The lowest BCUT2D eigenvalue weighted by atomic mass is 9.72. The van der Waals surface area contributed by atoms with Gasteiger partial charge in [0.1, 0.15) is 18.4 Å². The molecule has 0 fully saturated rings. The maximum Gasteiger partial charge on any atom is 0.243 e. The Labute approximate surface area is 177 Å². The first-order valence-corrected chi connectivity index (χ1v) is 11.3. The van der Waals surface area contributed by atoms with E-state index in [2.05, 4.69) is 109 Å². The topological polar surface area (TPSA) is 8.81 Å². The van der Waals surface area contributed by atoms with Crippen LogP contribution in [-0.4, -0.2) is 4.57 Å². The van der Waals surface area contributed by atoms with Crippen LogP contribution in [0.4, 0.5) is 0 Å². The van der Waals surface area contributed by atoms with Crippen LogP contribution in [0, 0.1) is 0 Å². The second-order valence-corrected chi connectivity index (χ2v) is 8.63. The summed E-state index contributed by atoms with van der Waals surface area (Å²) in [7, 11) is 0. The van der Waals surface area contributed by atoms with Crippen molar-refractivity contribution in [2.75, 3.05) is 0 Å². The van der Waals surface area contributed by atoms with Gasteiger partial charge in [0, 0.05) is 5.41 Å². The maximum atomic E-state index is 2.41. The Morgan fingerprint density at radius 3 is 2.24 bits per heavy atom. The Hall–Kier alpha value is -2.35. The molecule has 2 aromatic carbocycles. The van der Waals surface area contributed by atoms with E-state index in [4.69, 9.17) is 0 Å². The van der Waals surface area contributed by atoms with Crippen LogP contribution in [0.15, 0.2) is 79.4 Å². The molecular weight excluding hydrogens is 352 g/mol. The first-order valence-electron chi connectivity index (χ1n) is 11.3. The number of hydrogen-bond donors (Lipinski definition) is 0. The average molecular weight is 390 g/mol. The Bertz CT molecular complexity index is 837. The van der Waals surface area contributed by atoms with Crippen LogP contribution in [0.1, 0.15) is 70.0 Å². The van der Waals surface area contributed by atoms with Gasteiger partial charge in [-0.25, -0.2) is 9.13 Å². The fourth-order valence-corrected chi connectivity index (χ4v) is 4.33. The lowest BCUT2D eigenvalue weighted by molar-refractivity contribution is -0.697. The molecule has 1 aromatic heterocycles. The maximum absolute atomic E-state index is 2.41. The fraction of sp³-hybridized carbons (Fsp3) is 0.444. The van der Waals surface area contributed by atoms with E-state index in [1.165, 1.54) is 43.2 Å². The Morgan fingerprint density at radius 1 is 0.897 bits per heavy atom. The van der Waals surface area contributed by atoms with Crippen molar-refractivity contribution in [2.45, 2.75) is 77.3 Å². The van der Waals surface area contributed by atoms with E-state index in [1.54, 1.807) is 0 Å². The molecule has 2 atom stereocenters. The molecule has 0 aliphatic carbocycles. The third kappa shape index (κ3) is 5.59. The standard InChI is InChI=1S/C27H37N2/c1-4-5-6-7-14-19-28-20-21-29(23-28)24(2)27(3,26-17-12-9-13-18-26)22-25-15-10-8-11-16-25/h8-13,15-18,20-21,23-24H,4-7,14,19,22H2,1-3H3/q+1. The summed E-state index contributed by atoms with van der Waals surface area (Å²) >= 11 is 0. The molecule has 3 aromatic rings. The van der Waals surface area contributed by atoms with Crippen LogP contribution in [-0.2, 0) is 18.4 Å². The first kappa shape index (κ1) is 21.4. The van der Waals surface area contributed by atoms with Crippen molar-refractivity contribution >= 4 is 0 Å². The lowest BCUT2D eigenvalue weighted by Crippen LogP contribution is -2.36. The number of hydrogen-bond acceptors (Lipinski definition) is 0. The van der Waals surface area contributed by atoms with E-state index >= 15 is 0 Å². The van der Waals surface area contributed by atoms with Gasteiger partial charge in [0.2, 0.25) is 6.33 Å². The van der Waals surface area contributed by atoms with Crippen molar-refractivity contribution in [3.8, 4) is 0 Å². The van der Waals surface area contributed by atoms with Gasteiger partial charge >= 0.3 is 0 Å². The number of unbranched alkanes of at least 4 members (excludes halogenated alkanes) is 4. The van der Waals surface area contributed by atoms with E-state index < -0.39 is 0 Å². The lowest BCUT2D eigenvalue weighted by Gasteiger charge is -2.34. The Balaban J connectivity index is 1.77. The number of benzene rings is 2. The summed E-state index contributed by atoms with van der Waals surface area (Å²) in [6.07, 6.45) is 14.4. The number of imidazole rings is 1. The summed E-state index contributed by atoms with van der Waals surface area (Å²) in [5.41, 5.74) is 2.80. The minimum Gasteiger partial charge on any atom is -0.237 e. The summed E-state index contributed by atoms with van der Waals surface area (Å²) in [4.78, 5) is 0. The normalized spacial score (nSPS) is 14.4. The van der Waals surface area contributed by atoms with Crippen molar-refractivity contribution in [1.29, 1.82) is 0 Å². The van der Waals surface area contributed by atoms with E-state index in [-0.39, 0.29) is 5.41 Å². The van der Waals surface area contributed by atoms with Crippen LogP contribution >= 0.6 is 0 Å². The predicted molar refractivity (Wildman–Crippen MR) is 122 cm³/mol. The molecule has 2 heteroatoms. The zero-order chi connectivity index (χ0) is 20.5. The van der Waals surface area contributed by atoms with Crippen molar-refractivity contribution in [3.05, 3.63) is 90.5 Å². The van der Waals surface area contributed by atoms with Crippen molar-refractivity contribution in [1.82, 2.24) is 4.57 Å². The first-order chi connectivity index (χ1) is 14.1. The zero-order valence-corrected chi connectivity index (χ0v) is 18.4. The predicted octanol–water partition coefficient (Wildman–Crippen LogP) is 6.51. The van der Waals surface area contributed by atoms with Crippen LogP contribution in [0.25, 0.3) is 0 Å². The minimum absolute atomic E-state index is 0.0145. The van der Waals surface area contributed by atoms with Gasteiger partial charge in [-0.1, -0.05) is 93.8 Å². The number of nitrogens with zero attached hydrogens (tertiary/aromatic N) is 2. The number of aromatic nitrogens is 2. The second kappa shape index (κ2) is 10.4. The zero-order valence-electron chi connectivity index (χ0n) is 18.4. The molecule has 0 saturated carbocycles. The monoisotopic (exact) mass is 389 g/mol. The van der Waals surface area contributed by atoms with Crippen molar-refractivity contribution in [3.63, 3.8) is 0 Å². The summed E-state index contributed by atoms with van der Waals surface area (Å²) in [5, 5.41) is 0. The van der Waals surface area contributed by atoms with Gasteiger partial charge in [-0.05, 0) is 37.3 Å². The van der Waals surface area contributed by atoms with Gasteiger partial charge in [-0.15, -0.1) is 0 Å². The smallest absolute Gasteiger partial charge is 0.237 e. The van der Waals surface area contributed by atoms with Crippen molar-refractivity contribution < 1.29 is 4.57 Å². The molecule has 2 unspecified atom stereocenters. The molecule has 1 heterocycles. The molecule has 0 aliphatic heterocycles. The van der Waals surface area contributed by atoms with Crippen LogP contribution in [0.3, 0.4) is 0 Å². The Kier molecular flexibility index (Phi) is 7.69. The van der Waals surface area contributed by atoms with Gasteiger partial charge in [-0.3, -0.25) is 0 Å². The van der Waals surface area contributed by atoms with E-state index in [0.717, 1.165) is 13.0 Å². The van der Waals surface area contributed by atoms with Gasteiger partial charge < -0.3 is 0 Å². The summed E-state index contributed by atoms with van der Waals surface area (Å²) < 4.78 is 4.76. The highest BCUT2D eigenvalue weighted by Gasteiger charge is 2.37. The number of aryl methyl sites for hydroxylation is 1. The molecular formula is C27H37N2+. The molecule has 2 nitrogen and oxygen atoms in total. The third-order valence-corrected chi connectivity index (χ3v) is 6.45. The minimum atomic E-state index is 0.0145. The molecule has 0 radical (unpaired) electrons.